The molecule has 106 valence electrons. The molecule has 3 fully saturated rings. The summed E-state index contributed by atoms with van der Waals surface area (Å²) in [5.41, 5.74) is -0.465. The van der Waals surface area contributed by atoms with Crippen LogP contribution in [0.4, 0.5) is 0 Å². The van der Waals surface area contributed by atoms with E-state index in [1.54, 1.807) is 0 Å². The van der Waals surface area contributed by atoms with Crippen molar-refractivity contribution in [2.45, 2.75) is 52.7 Å². The third-order valence-electron chi connectivity index (χ3n) is 5.62. The Hall–Kier alpha value is -1.06. The fourth-order valence-electron chi connectivity index (χ4n) is 3.93. The molecule has 0 radical (unpaired) electrons. The summed E-state index contributed by atoms with van der Waals surface area (Å²) >= 11 is 0. The standard InChI is InChI=1S/C15H22O4/c1-5-15(3,4)14(17)19-11-8-6-9-10(7(8)2)13(16)18-12(9)11/h7-12H,5-6H2,1-4H3. The smallest absolute Gasteiger partial charge is 0.311 e. The second kappa shape index (κ2) is 3.97. The molecule has 6 unspecified atom stereocenters. The number of esters is 2. The first-order chi connectivity index (χ1) is 8.86. The van der Waals surface area contributed by atoms with E-state index in [9.17, 15) is 9.59 Å². The van der Waals surface area contributed by atoms with Gasteiger partial charge < -0.3 is 9.47 Å². The van der Waals surface area contributed by atoms with E-state index in [4.69, 9.17) is 9.47 Å². The highest BCUT2D eigenvalue weighted by molar-refractivity contribution is 5.78. The van der Waals surface area contributed by atoms with Gasteiger partial charge in [0.25, 0.3) is 0 Å². The summed E-state index contributed by atoms with van der Waals surface area (Å²) in [6.07, 6.45) is 1.30. The summed E-state index contributed by atoms with van der Waals surface area (Å²) in [5, 5.41) is 0. The zero-order chi connectivity index (χ0) is 13.9. The molecule has 2 bridgehead atoms. The highest BCUT2D eigenvalue weighted by atomic mass is 16.6. The quantitative estimate of drug-likeness (QED) is 0.735. The number of carbonyl (C=O) groups excluding carboxylic acids is 2. The summed E-state index contributed by atoms with van der Waals surface area (Å²) < 4.78 is 11.2. The van der Waals surface area contributed by atoms with E-state index in [0.717, 1.165) is 12.8 Å². The van der Waals surface area contributed by atoms with E-state index >= 15 is 0 Å². The first-order valence-corrected chi connectivity index (χ1v) is 7.28. The Balaban J connectivity index is 1.78. The number of carbonyl (C=O) groups is 2. The largest absolute Gasteiger partial charge is 0.458 e. The second-order valence-corrected chi connectivity index (χ2v) is 6.96. The molecule has 0 spiro atoms. The molecule has 3 aliphatic rings. The molecule has 2 aliphatic carbocycles. The first kappa shape index (κ1) is 12.9. The van der Waals surface area contributed by atoms with Gasteiger partial charge in [-0.1, -0.05) is 13.8 Å². The van der Waals surface area contributed by atoms with Crippen LogP contribution in [0.2, 0.25) is 0 Å². The number of fused-ring (bicyclic) bond motifs is 1. The van der Waals surface area contributed by atoms with Crippen LogP contribution in [0, 0.1) is 29.1 Å². The molecule has 1 saturated heterocycles. The average Bonchev–Trinajstić information content (AvgIpc) is 2.93. The molecule has 1 heterocycles. The Morgan fingerprint density at radius 3 is 2.74 bits per heavy atom. The van der Waals surface area contributed by atoms with Gasteiger partial charge in [-0.05, 0) is 32.6 Å². The van der Waals surface area contributed by atoms with Crippen LogP contribution in [0.25, 0.3) is 0 Å². The lowest BCUT2D eigenvalue weighted by molar-refractivity contribution is -0.171. The van der Waals surface area contributed by atoms with Gasteiger partial charge >= 0.3 is 11.9 Å². The maximum Gasteiger partial charge on any atom is 0.311 e. The minimum absolute atomic E-state index is 0.0455. The van der Waals surface area contributed by atoms with Gasteiger partial charge in [-0.25, -0.2) is 0 Å². The molecular formula is C15H22O4. The first-order valence-electron chi connectivity index (χ1n) is 7.28. The van der Waals surface area contributed by atoms with Crippen LogP contribution in [0.15, 0.2) is 0 Å². The van der Waals surface area contributed by atoms with Gasteiger partial charge in [0.05, 0.1) is 11.3 Å². The van der Waals surface area contributed by atoms with E-state index in [2.05, 4.69) is 6.92 Å². The molecule has 4 nitrogen and oxygen atoms in total. The van der Waals surface area contributed by atoms with E-state index in [0.29, 0.717) is 5.92 Å². The van der Waals surface area contributed by atoms with Crippen molar-refractivity contribution in [3.8, 4) is 0 Å². The van der Waals surface area contributed by atoms with E-state index < -0.39 is 5.41 Å². The molecule has 6 atom stereocenters. The summed E-state index contributed by atoms with van der Waals surface area (Å²) in [6, 6.07) is 0. The monoisotopic (exact) mass is 266 g/mol. The van der Waals surface area contributed by atoms with Crippen LogP contribution in [-0.4, -0.2) is 24.1 Å². The maximum absolute atomic E-state index is 12.2. The van der Waals surface area contributed by atoms with Crippen molar-refractivity contribution in [2.75, 3.05) is 0 Å². The lowest BCUT2D eigenvalue weighted by atomic mass is 9.79. The third kappa shape index (κ3) is 1.65. The Bertz CT molecular complexity index is 428. The van der Waals surface area contributed by atoms with Crippen molar-refractivity contribution >= 4 is 11.9 Å². The van der Waals surface area contributed by atoms with Gasteiger partial charge in [-0.3, -0.25) is 9.59 Å². The molecular weight excluding hydrogens is 244 g/mol. The van der Waals surface area contributed by atoms with Gasteiger partial charge in [0.15, 0.2) is 0 Å². The van der Waals surface area contributed by atoms with Crippen molar-refractivity contribution in [3.05, 3.63) is 0 Å². The zero-order valence-electron chi connectivity index (χ0n) is 12.0. The predicted molar refractivity (Wildman–Crippen MR) is 68.1 cm³/mol. The van der Waals surface area contributed by atoms with Crippen molar-refractivity contribution < 1.29 is 19.1 Å². The van der Waals surface area contributed by atoms with Crippen LogP contribution in [-0.2, 0) is 19.1 Å². The van der Waals surface area contributed by atoms with Crippen LogP contribution in [0.1, 0.15) is 40.5 Å². The summed E-state index contributed by atoms with van der Waals surface area (Å²) in [5.74, 6) is 0.638. The molecule has 1 aliphatic heterocycles. The SMILES string of the molecule is CCC(C)(C)C(=O)OC1C2CC3C1OC(=O)C3C2C. The van der Waals surface area contributed by atoms with Gasteiger partial charge in [0, 0.05) is 11.8 Å². The molecule has 3 rings (SSSR count). The highest BCUT2D eigenvalue weighted by Crippen LogP contribution is 2.58. The lowest BCUT2D eigenvalue weighted by Gasteiger charge is -2.32. The summed E-state index contributed by atoms with van der Waals surface area (Å²) in [4.78, 5) is 24.1. The van der Waals surface area contributed by atoms with Crippen LogP contribution < -0.4 is 0 Å². The Morgan fingerprint density at radius 1 is 1.42 bits per heavy atom. The minimum atomic E-state index is -0.465. The van der Waals surface area contributed by atoms with Crippen molar-refractivity contribution in [3.63, 3.8) is 0 Å². The number of hydrogen-bond donors (Lipinski definition) is 0. The normalized spacial score (nSPS) is 43.5. The number of hydrogen-bond acceptors (Lipinski definition) is 4. The number of ether oxygens (including phenoxy) is 2. The summed E-state index contributed by atoms with van der Waals surface area (Å²) in [7, 11) is 0. The van der Waals surface area contributed by atoms with Crippen molar-refractivity contribution in [2.24, 2.45) is 29.1 Å². The minimum Gasteiger partial charge on any atom is -0.458 e. The zero-order valence-corrected chi connectivity index (χ0v) is 12.0. The van der Waals surface area contributed by atoms with Crippen molar-refractivity contribution in [1.29, 1.82) is 0 Å². The van der Waals surface area contributed by atoms with E-state index in [-0.39, 0.29) is 41.9 Å². The van der Waals surface area contributed by atoms with Crippen LogP contribution in [0.3, 0.4) is 0 Å². The number of rotatable bonds is 3. The topological polar surface area (TPSA) is 52.6 Å². The van der Waals surface area contributed by atoms with Gasteiger partial charge in [0.2, 0.25) is 0 Å². The van der Waals surface area contributed by atoms with E-state index in [1.807, 2.05) is 20.8 Å². The lowest BCUT2D eigenvalue weighted by Crippen LogP contribution is -2.42. The molecule has 4 heteroatoms. The van der Waals surface area contributed by atoms with Gasteiger partial charge in [-0.2, -0.15) is 0 Å². The molecule has 2 saturated carbocycles. The van der Waals surface area contributed by atoms with Crippen molar-refractivity contribution in [1.82, 2.24) is 0 Å². The fraction of sp³-hybridized carbons (Fsp3) is 0.867. The molecule has 19 heavy (non-hydrogen) atoms. The Kier molecular flexibility index (Phi) is 2.70. The molecule has 0 N–H and O–H groups in total. The Morgan fingerprint density at radius 2 is 2.11 bits per heavy atom. The van der Waals surface area contributed by atoms with Crippen LogP contribution in [0.5, 0.6) is 0 Å². The maximum atomic E-state index is 12.2. The van der Waals surface area contributed by atoms with E-state index in [1.165, 1.54) is 0 Å². The van der Waals surface area contributed by atoms with Crippen LogP contribution >= 0.6 is 0 Å². The van der Waals surface area contributed by atoms with Gasteiger partial charge in [0.1, 0.15) is 12.2 Å². The Labute approximate surface area is 113 Å². The highest BCUT2D eigenvalue weighted by Gasteiger charge is 2.66. The fourth-order valence-corrected chi connectivity index (χ4v) is 3.93. The summed E-state index contributed by atoms with van der Waals surface area (Å²) in [6.45, 7) is 7.87. The predicted octanol–water partition coefficient (Wildman–Crippen LogP) is 2.16. The molecule has 0 aromatic rings. The third-order valence-corrected chi connectivity index (χ3v) is 5.62. The van der Waals surface area contributed by atoms with Gasteiger partial charge in [-0.15, -0.1) is 0 Å². The second-order valence-electron chi connectivity index (χ2n) is 6.96. The average molecular weight is 266 g/mol. The molecule has 0 aromatic heterocycles. The molecule has 0 aromatic carbocycles. The molecule has 0 amide bonds.